The largest absolute Gasteiger partial charge is 0.433 e. The highest BCUT2D eigenvalue weighted by Crippen LogP contribution is 2.15. The van der Waals surface area contributed by atoms with Gasteiger partial charge in [-0.15, -0.1) is 5.10 Å². The van der Waals surface area contributed by atoms with Crippen molar-refractivity contribution in [1.82, 2.24) is 5.43 Å². The van der Waals surface area contributed by atoms with Crippen molar-refractivity contribution < 1.29 is 9.34 Å². The number of hydrogen-bond acceptors (Lipinski definition) is 5. The second-order valence-electron chi connectivity index (χ2n) is 3.75. The first-order valence-corrected chi connectivity index (χ1v) is 6.21. The first-order chi connectivity index (χ1) is 10.1. The maximum absolute atomic E-state index is 10.4. The lowest BCUT2D eigenvalue weighted by Gasteiger charge is -2.04. The number of hydrogen-bond donors (Lipinski definition) is 2. The minimum Gasteiger partial charge on any atom is -0.401 e. The molecule has 0 spiro atoms. The van der Waals surface area contributed by atoms with Crippen LogP contribution in [0.1, 0.15) is 5.76 Å². The van der Waals surface area contributed by atoms with Gasteiger partial charge in [-0.25, -0.2) is 5.43 Å². The van der Waals surface area contributed by atoms with Crippen LogP contribution in [0.15, 0.2) is 52.0 Å². The molecule has 0 atom stereocenters. The Hall–Kier alpha value is -2.96. The van der Waals surface area contributed by atoms with Crippen LogP contribution in [0.25, 0.3) is 6.08 Å². The Bertz CT molecular complexity index is 705. The third kappa shape index (κ3) is 4.57. The summed E-state index contributed by atoms with van der Waals surface area (Å²) in [6.45, 7) is 0. The molecule has 0 aliphatic heterocycles. The van der Waals surface area contributed by atoms with Gasteiger partial charge < -0.3 is 9.73 Å². The van der Waals surface area contributed by atoms with E-state index in [-0.39, 0.29) is 11.6 Å². The van der Waals surface area contributed by atoms with Crippen LogP contribution in [0.2, 0.25) is 0 Å². The molecule has 0 saturated heterocycles. The van der Waals surface area contributed by atoms with Crippen molar-refractivity contribution in [1.29, 1.82) is 0 Å². The van der Waals surface area contributed by atoms with Crippen molar-refractivity contribution in [2.45, 2.75) is 0 Å². The number of para-hydroxylation sites is 1. The Kier molecular flexibility index (Phi) is 4.81. The Labute approximate surface area is 125 Å². The van der Waals surface area contributed by atoms with E-state index < -0.39 is 4.92 Å². The normalized spacial score (nSPS) is 9.33. The molecule has 0 amide bonds. The van der Waals surface area contributed by atoms with Crippen LogP contribution in [0, 0.1) is 10.1 Å². The van der Waals surface area contributed by atoms with Crippen LogP contribution < -0.4 is 10.7 Å². The number of nitrogens with zero attached hydrogens (tertiary/aromatic N) is 2. The quantitative estimate of drug-likeness (QED) is 0.390. The molecule has 2 N–H and O–H groups in total. The number of furan rings is 1. The van der Waals surface area contributed by atoms with E-state index in [0.29, 0.717) is 5.11 Å². The van der Waals surface area contributed by atoms with Gasteiger partial charge in [0.1, 0.15) is 10.7 Å². The molecule has 0 bridgehead atoms. The van der Waals surface area contributed by atoms with Gasteiger partial charge in [-0.3, -0.25) is 10.1 Å². The fraction of sp³-hybridized carbons (Fsp3) is 0. The van der Waals surface area contributed by atoms with Gasteiger partial charge in [-0.2, -0.15) is 0 Å². The molecule has 1 aromatic carbocycles. The van der Waals surface area contributed by atoms with Crippen molar-refractivity contribution >= 4 is 40.8 Å². The summed E-state index contributed by atoms with van der Waals surface area (Å²) in [5.41, 5.74) is 3.39. The minimum absolute atomic E-state index is 0.272. The van der Waals surface area contributed by atoms with E-state index in [4.69, 9.17) is 16.6 Å². The van der Waals surface area contributed by atoms with E-state index in [1.165, 1.54) is 18.2 Å². The molecule has 1 heterocycles. The van der Waals surface area contributed by atoms with E-state index in [0.717, 1.165) is 5.69 Å². The highest BCUT2D eigenvalue weighted by Gasteiger charge is 2.09. The number of benzene rings is 1. The maximum atomic E-state index is 10.4. The monoisotopic (exact) mass is 302 g/mol. The number of rotatable bonds is 4. The number of anilines is 1. The third-order valence-electron chi connectivity index (χ3n) is 2.25. The molecule has 7 nitrogen and oxygen atoms in total. The molecule has 2 rings (SSSR count). The molecule has 2 aromatic rings. The summed E-state index contributed by atoms with van der Waals surface area (Å²) in [6.07, 6.45) is 1.35. The zero-order valence-electron chi connectivity index (χ0n) is 10.6. The Morgan fingerprint density at radius 2 is 2.10 bits per heavy atom. The molecule has 106 valence electrons. The molecular formula is C13H10N4O3S. The molecule has 1 aromatic heterocycles. The van der Waals surface area contributed by atoms with Crippen molar-refractivity contribution in [3.05, 3.63) is 58.3 Å². The molecule has 8 heteroatoms. The summed E-state index contributed by atoms with van der Waals surface area (Å²) in [5, 5.41) is 17.4. The van der Waals surface area contributed by atoms with Crippen LogP contribution in [-0.4, -0.2) is 15.9 Å². The highest BCUT2D eigenvalue weighted by atomic mass is 32.1. The molecule has 0 aliphatic rings. The summed E-state index contributed by atoms with van der Waals surface area (Å²) in [6, 6.07) is 12.1. The van der Waals surface area contributed by atoms with Gasteiger partial charge in [-0.1, -0.05) is 18.2 Å². The van der Waals surface area contributed by atoms with Gasteiger partial charge in [0.05, 0.1) is 6.07 Å². The van der Waals surface area contributed by atoms with Crippen molar-refractivity contribution in [3.8, 4) is 0 Å². The summed E-state index contributed by atoms with van der Waals surface area (Å²) >= 11 is 5.02. The summed E-state index contributed by atoms with van der Waals surface area (Å²) in [5.74, 6) is 2.45. The molecule has 0 unspecified atom stereocenters. The summed E-state index contributed by atoms with van der Waals surface area (Å²) < 4.78 is 4.89. The van der Waals surface area contributed by atoms with Gasteiger partial charge in [-0.05, 0) is 30.4 Å². The van der Waals surface area contributed by atoms with Crippen LogP contribution in [0.4, 0.5) is 11.6 Å². The Balaban J connectivity index is 1.87. The lowest BCUT2D eigenvalue weighted by Crippen LogP contribution is -2.23. The molecule has 0 saturated carbocycles. The molecule has 21 heavy (non-hydrogen) atoms. The zero-order chi connectivity index (χ0) is 15.1. The molecular weight excluding hydrogens is 292 g/mol. The average Bonchev–Trinajstić information content (AvgIpc) is 2.94. The van der Waals surface area contributed by atoms with E-state index >= 15 is 0 Å². The van der Waals surface area contributed by atoms with Gasteiger partial charge in [0.25, 0.3) is 0 Å². The van der Waals surface area contributed by atoms with E-state index in [1.807, 2.05) is 30.3 Å². The molecule has 0 aliphatic carbocycles. The standard InChI is InChI=1S/C13H10N4O3S/c18-17(19)12-7-6-11(20-12)8-9-14-16-13(21)15-10-4-2-1-3-5-10/h1-8H,(H2,15,16,21). The first kappa shape index (κ1) is 14.4. The van der Waals surface area contributed by atoms with Crippen LogP contribution in [0.3, 0.4) is 0 Å². The number of nitro groups is 1. The highest BCUT2D eigenvalue weighted by molar-refractivity contribution is 7.80. The number of hydrazone groups is 1. The average molecular weight is 302 g/mol. The van der Waals surface area contributed by atoms with Crippen LogP contribution >= 0.6 is 12.2 Å². The summed E-state index contributed by atoms with van der Waals surface area (Å²) in [7, 11) is 0. The second-order valence-corrected chi connectivity index (χ2v) is 4.16. The van der Waals surface area contributed by atoms with Crippen molar-refractivity contribution in [2.24, 2.45) is 5.10 Å². The SMILES string of the molecule is O=[N+]([O-])c1ccc(C=C=NNC(=S)Nc2ccccc2)o1. The maximum Gasteiger partial charge on any atom is 0.433 e. The lowest BCUT2D eigenvalue weighted by atomic mass is 10.3. The van der Waals surface area contributed by atoms with Gasteiger partial charge >= 0.3 is 5.88 Å². The topological polar surface area (TPSA) is 92.7 Å². The minimum atomic E-state index is -0.619. The molecule has 0 fully saturated rings. The molecule has 0 radical (unpaired) electrons. The predicted molar refractivity (Wildman–Crippen MR) is 83.1 cm³/mol. The van der Waals surface area contributed by atoms with Gasteiger partial charge in [0.15, 0.2) is 5.11 Å². The number of thiocarbonyl (C=S) groups is 1. The lowest BCUT2D eigenvalue weighted by molar-refractivity contribution is -0.402. The fourth-order valence-electron chi connectivity index (χ4n) is 1.38. The van der Waals surface area contributed by atoms with Crippen molar-refractivity contribution in [3.63, 3.8) is 0 Å². The van der Waals surface area contributed by atoms with E-state index in [9.17, 15) is 10.1 Å². The smallest absolute Gasteiger partial charge is 0.401 e. The first-order valence-electron chi connectivity index (χ1n) is 5.80. The van der Waals surface area contributed by atoms with E-state index in [2.05, 4.69) is 21.7 Å². The Morgan fingerprint density at radius 1 is 1.33 bits per heavy atom. The zero-order valence-corrected chi connectivity index (χ0v) is 11.5. The summed E-state index contributed by atoms with van der Waals surface area (Å²) in [4.78, 5) is 9.80. The van der Waals surface area contributed by atoms with E-state index in [1.54, 1.807) is 0 Å². The second kappa shape index (κ2) is 6.99. The number of nitrogens with one attached hydrogen (secondary N) is 2. The Morgan fingerprint density at radius 3 is 2.76 bits per heavy atom. The van der Waals surface area contributed by atoms with Gasteiger partial charge in [0.2, 0.25) is 0 Å². The van der Waals surface area contributed by atoms with Crippen LogP contribution in [-0.2, 0) is 0 Å². The predicted octanol–water partition coefficient (Wildman–Crippen LogP) is 2.77. The fourth-order valence-corrected chi connectivity index (χ4v) is 1.54. The van der Waals surface area contributed by atoms with Crippen molar-refractivity contribution in [2.75, 3.05) is 5.32 Å². The third-order valence-corrected chi connectivity index (χ3v) is 2.45. The van der Waals surface area contributed by atoms with Gasteiger partial charge in [0, 0.05) is 17.6 Å². The van der Waals surface area contributed by atoms with Crippen LogP contribution in [0.5, 0.6) is 0 Å².